The van der Waals surface area contributed by atoms with Crippen molar-refractivity contribution in [2.45, 2.75) is 27.2 Å². The van der Waals surface area contributed by atoms with E-state index in [0.29, 0.717) is 0 Å². The summed E-state index contributed by atoms with van der Waals surface area (Å²) in [5.74, 6) is 1.18. The van der Waals surface area contributed by atoms with Gasteiger partial charge in [0.05, 0.1) is 5.84 Å². The maximum Gasteiger partial charge on any atom is 0.0954 e. The highest BCUT2D eigenvalue weighted by molar-refractivity contribution is 5.79. The lowest BCUT2D eigenvalue weighted by Crippen LogP contribution is -2.29. The molecule has 0 saturated carbocycles. The molecule has 1 rings (SSSR count). The first-order valence-corrected chi connectivity index (χ1v) is 4.03. The summed E-state index contributed by atoms with van der Waals surface area (Å²) in [6.07, 6.45) is 1.22. The third-order valence-electron chi connectivity index (χ3n) is 1.54. The summed E-state index contributed by atoms with van der Waals surface area (Å²) >= 11 is 0. The molecule has 0 aromatic carbocycles. The first-order valence-electron chi connectivity index (χ1n) is 4.03. The molecule has 0 aromatic heterocycles. The Morgan fingerprint density at radius 3 is 2.30 bits per heavy atom. The maximum absolute atomic E-state index is 4.25. The Labute approximate surface area is 63.9 Å². The van der Waals surface area contributed by atoms with E-state index >= 15 is 0 Å². The summed E-state index contributed by atoms with van der Waals surface area (Å²) in [6.45, 7) is 8.25. The van der Waals surface area contributed by atoms with E-state index in [2.05, 4.69) is 23.9 Å². The van der Waals surface area contributed by atoms with Crippen LogP contribution in [-0.2, 0) is 0 Å². The van der Waals surface area contributed by atoms with Crippen LogP contribution in [-0.4, -0.2) is 30.9 Å². The van der Waals surface area contributed by atoms with Gasteiger partial charge in [0.1, 0.15) is 0 Å². The fourth-order valence-electron chi connectivity index (χ4n) is 0.831. The summed E-state index contributed by atoms with van der Waals surface area (Å²) in [5, 5.41) is 0. The van der Waals surface area contributed by atoms with E-state index in [0.717, 1.165) is 6.54 Å². The van der Waals surface area contributed by atoms with Gasteiger partial charge < -0.3 is 4.90 Å². The molecule has 2 heteroatoms. The number of nitrogens with zero attached hydrogens (tertiary/aromatic N) is 2. The average Bonchev–Trinajstić information content (AvgIpc) is 2.00. The van der Waals surface area contributed by atoms with Crippen LogP contribution in [0.5, 0.6) is 0 Å². The zero-order valence-electron chi connectivity index (χ0n) is 7.52. The molecule has 60 valence electrons. The van der Waals surface area contributed by atoms with Crippen LogP contribution in [0.25, 0.3) is 0 Å². The highest BCUT2D eigenvalue weighted by Crippen LogP contribution is 1.97. The predicted octanol–water partition coefficient (Wildman–Crippen LogP) is 1.77. The van der Waals surface area contributed by atoms with Gasteiger partial charge in [-0.3, -0.25) is 4.99 Å². The Kier molecular flexibility index (Phi) is 4.99. The van der Waals surface area contributed by atoms with Gasteiger partial charge in [0.2, 0.25) is 0 Å². The second kappa shape index (κ2) is 5.27. The molecule has 0 amide bonds. The van der Waals surface area contributed by atoms with Gasteiger partial charge in [-0.2, -0.15) is 0 Å². The molecule has 1 heterocycles. The lowest BCUT2D eigenvalue weighted by molar-refractivity contribution is 0.464. The quantitative estimate of drug-likeness (QED) is 0.503. The van der Waals surface area contributed by atoms with Gasteiger partial charge in [-0.25, -0.2) is 0 Å². The fourth-order valence-corrected chi connectivity index (χ4v) is 0.831. The van der Waals surface area contributed by atoms with Gasteiger partial charge in [0.25, 0.3) is 0 Å². The molecular weight excluding hydrogens is 124 g/mol. The summed E-state index contributed by atoms with van der Waals surface area (Å²) in [5.41, 5.74) is 0. The Morgan fingerprint density at radius 2 is 2.00 bits per heavy atom. The molecule has 0 fully saturated rings. The van der Waals surface area contributed by atoms with E-state index in [-0.39, 0.29) is 0 Å². The number of hydrogen-bond donors (Lipinski definition) is 0. The minimum absolute atomic E-state index is 1.02. The zero-order chi connectivity index (χ0) is 7.98. The molecule has 1 aliphatic heterocycles. The number of rotatable bonds is 0. The van der Waals surface area contributed by atoms with Crippen LogP contribution in [0.3, 0.4) is 0 Å². The van der Waals surface area contributed by atoms with Gasteiger partial charge in [0, 0.05) is 20.1 Å². The van der Waals surface area contributed by atoms with Crippen LogP contribution in [0.1, 0.15) is 27.2 Å². The van der Waals surface area contributed by atoms with E-state index in [9.17, 15) is 0 Å². The van der Waals surface area contributed by atoms with Gasteiger partial charge in [-0.05, 0) is 13.3 Å². The maximum atomic E-state index is 4.25. The van der Waals surface area contributed by atoms with Crippen molar-refractivity contribution >= 4 is 5.84 Å². The summed E-state index contributed by atoms with van der Waals surface area (Å²) in [7, 11) is 2.08. The lowest BCUT2D eigenvalue weighted by atomic mass is 10.3. The second-order valence-corrected chi connectivity index (χ2v) is 2.20. The third-order valence-corrected chi connectivity index (χ3v) is 1.54. The van der Waals surface area contributed by atoms with Crippen LogP contribution < -0.4 is 0 Å². The second-order valence-electron chi connectivity index (χ2n) is 2.20. The van der Waals surface area contributed by atoms with Crippen LogP contribution in [0.15, 0.2) is 4.99 Å². The van der Waals surface area contributed by atoms with Gasteiger partial charge >= 0.3 is 0 Å². The van der Waals surface area contributed by atoms with Crippen molar-refractivity contribution in [2.75, 3.05) is 20.1 Å². The summed E-state index contributed by atoms with van der Waals surface area (Å²) in [6, 6.07) is 0. The first kappa shape index (κ1) is 9.47. The molecule has 0 spiro atoms. The molecule has 0 radical (unpaired) electrons. The molecule has 0 atom stereocenters. The molecule has 0 N–H and O–H groups in total. The van der Waals surface area contributed by atoms with E-state index in [4.69, 9.17) is 0 Å². The Morgan fingerprint density at radius 1 is 1.40 bits per heavy atom. The van der Waals surface area contributed by atoms with Crippen LogP contribution in [0.4, 0.5) is 0 Å². The van der Waals surface area contributed by atoms with Crippen molar-refractivity contribution < 1.29 is 0 Å². The van der Waals surface area contributed by atoms with Crippen molar-refractivity contribution in [1.29, 1.82) is 0 Å². The lowest BCUT2D eigenvalue weighted by Gasteiger charge is -2.21. The van der Waals surface area contributed by atoms with Crippen molar-refractivity contribution in [2.24, 2.45) is 4.99 Å². The van der Waals surface area contributed by atoms with E-state index < -0.39 is 0 Å². The van der Waals surface area contributed by atoms with Gasteiger partial charge in [-0.1, -0.05) is 13.8 Å². The van der Waals surface area contributed by atoms with Crippen LogP contribution >= 0.6 is 0 Å². The van der Waals surface area contributed by atoms with Crippen molar-refractivity contribution in [3.05, 3.63) is 0 Å². The summed E-state index contributed by atoms with van der Waals surface area (Å²) in [4.78, 5) is 6.44. The Bertz CT molecular complexity index is 108. The molecule has 1 aliphatic rings. The number of aliphatic imine (C=N–C) groups is 1. The standard InChI is InChI=1S/C6H12N2.C2H6/c1-6-7-4-3-5-8(6)2;1-2/h3-5H2,1-2H3;1-2H3. The summed E-state index contributed by atoms with van der Waals surface area (Å²) < 4.78 is 0. The molecular formula is C8H18N2. The number of amidine groups is 1. The van der Waals surface area contributed by atoms with Crippen molar-refractivity contribution in [1.82, 2.24) is 4.90 Å². The average molecular weight is 142 g/mol. The molecule has 10 heavy (non-hydrogen) atoms. The van der Waals surface area contributed by atoms with Crippen molar-refractivity contribution in [3.8, 4) is 0 Å². The Hall–Kier alpha value is -0.530. The highest BCUT2D eigenvalue weighted by atomic mass is 15.2. The SMILES string of the molecule is CC.CC1=NCCCN1C. The predicted molar refractivity (Wildman–Crippen MR) is 46.6 cm³/mol. The highest BCUT2D eigenvalue weighted by Gasteiger charge is 2.03. The van der Waals surface area contributed by atoms with Gasteiger partial charge in [-0.15, -0.1) is 0 Å². The molecule has 0 saturated heterocycles. The minimum atomic E-state index is 1.02. The zero-order valence-corrected chi connectivity index (χ0v) is 7.52. The largest absolute Gasteiger partial charge is 0.364 e. The molecule has 0 unspecified atom stereocenters. The third kappa shape index (κ3) is 2.85. The number of hydrogen-bond acceptors (Lipinski definition) is 2. The van der Waals surface area contributed by atoms with Gasteiger partial charge in [0.15, 0.2) is 0 Å². The molecule has 0 aromatic rings. The van der Waals surface area contributed by atoms with E-state index in [1.54, 1.807) is 0 Å². The normalized spacial score (nSPS) is 17.2. The molecule has 2 nitrogen and oxygen atoms in total. The monoisotopic (exact) mass is 142 g/mol. The van der Waals surface area contributed by atoms with E-state index in [1.165, 1.54) is 18.8 Å². The Balaban J connectivity index is 0.000000371. The topological polar surface area (TPSA) is 15.6 Å². The van der Waals surface area contributed by atoms with Crippen molar-refractivity contribution in [3.63, 3.8) is 0 Å². The first-order chi connectivity index (χ1) is 4.80. The molecule has 0 aliphatic carbocycles. The van der Waals surface area contributed by atoms with E-state index in [1.807, 2.05) is 13.8 Å². The minimum Gasteiger partial charge on any atom is -0.364 e. The smallest absolute Gasteiger partial charge is 0.0954 e. The van der Waals surface area contributed by atoms with Crippen LogP contribution in [0, 0.1) is 0 Å². The van der Waals surface area contributed by atoms with Crippen LogP contribution in [0.2, 0.25) is 0 Å². The molecule has 0 bridgehead atoms. The fraction of sp³-hybridized carbons (Fsp3) is 0.875.